The maximum absolute atomic E-state index is 10.6. The van der Waals surface area contributed by atoms with Crippen molar-refractivity contribution in [2.75, 3.05) is 74.8 Å². The monoisotopic (exact) mass is 576 g/mol. The number of fused-ring (bicyclic) bond motifs is 1. The van der Waals surface area contributed by atoms with E-state index in [-0.39, 0.29) is 24.2 Å². The minimum absolute atomic E-state index is 0.101. The van der Waals surface area contributed by atoms with Crippen molar-refractivity contribution in [1.29, 1.82) is 0 Å². The maximum Gasteiger partial charge on any atom is 0.229 e. The second kappa shape index (κ2) is 12.6. The van der Waals surface area contributed by atoms with Crippen LogP contribution in [0.15, 0.2) is 30.3 Å². The summed E-state index contributed by atoms with van der Waals surface area (Å²) in [6, 6.07) is 10.4. The second-order valence-electron chi connectivity index (χ2n) is 12.1. The minimum Gasteiger partial charge on any atom is -0.495 e. The average Bonchev–Trinajstić information content (AvgIpc) is 3.01. The molecule has 4 atom stereocenters. The van der Waals surface area contributed by atoms with Crippen LogP contribution in [0.5, 0.6) is 5.75 Å². The Morgan fingerprint density at radius 3 is 2.48 bits per heavy atom. The Balaban J connectivity index is 1.37. The fourth-order valence-electron chi connectivity index (χ4n) is 6.64. The number of aliphatic hydroxyl groups is 1. The first kappa shape index (κ1) is 28.9. The molecule has 1 aromatic carbocycles. The predicted octanol–water partition coefficient (Wildman–Crippen LogP) is 4.14. The van der Waals surface area contributed by atoms with Crippen LogP contribution >= 0.6 is 0 Å². The summed E-state index contributed by atoms with van der Waals surface area (Å²) in [5, 5.41) is 11.5. The van der Waals surface area contributed by atoms with E-state index in [1.165, 1.54) is 6.42 Å². The Hall–Kier alpha value is -3.21. The molecule has 4 unspecified atom stereocenters. The number of methoxy groups -OCH3 is 1. The Labute approximate surface area is 248 Å². The van der Waals surface area contributed by atoms with Gasteiger partial charge in [0, 0.05) is 51.3 Å². The molecule has 226 valence electrons. The van der Waals surface area contributed by atoms with Crippen LogP contribution in [0.4, 0.5) is 17.5 Å². The van der Waals surface area contributed by atoms with Gasteiger partial charge < -0.3 is 34.0 Å². The number of hydrogen-bond donors (Lipinski definition) is 1. The van der Waals surface area contributed by atoms with Crippen LogP contribution in [0.3, 0.4) is 0 Å². The molecule has 4 heterocycles. The normalized spacial score (nSPS) is 25.1. The Kier molecular flexibility index (Phi) is 8.65. The van der Waals surface area contributed by atoms with E-state index in [1.54, 1.807) is 7.11 Å². The topological polar surface area (TPSA) is 96.3 Å². The molecule has 42 heavy (non-hydrogen) atoms. The summed E-state index contributed by atoms with van der Waals surface area (Å²) in [4.78, 5) is 21.9. The zero-order valence-corrected chi connectivity index (χ0v) is 25.3. The third kappa shape index (κ3) is 6.11. The number of benzene rings is 1. The molecule has 10 nitrogen and oxygen atoms in total. The number of pyridine rings is 1. The van der Waals surface area contributed by atoms with E-state index in [1.807, 2.05) is 6.07 Å². The van der Waals surface area contributed by atoms with Crippen LogP contribution in [0, 0.1) is 5.92 Å². The zero-order chi connectivity index (χ0) is 29.2. The second-order valence-corrected chi connectivity index (χ2v) is 12.1. The van der Waals surface area contributed by atoms with Gasteiger partial charge in [0.1, 0.15) is 11.6 Å². The number of ether oxygens (including phenoxy) is 3. The quantitative estimate of drug-likeness (QED) is 0.442. The van der Waals surface area contributed by atoms with E-state index in [2.05, 4.69) is 59.9 Å². The molecule has 3 fully saturated rings. The van der Waals surface area contributed by atoms with Crippen molar-refractivity contribution in [2.45, 2.75) is 57.8 Å². The summed E-state index contributed by atoms with van der Waals surface area (Å²) in [6.45, 7) is 9.37. The lowest BCUT2D eigenvalue weighted by molar-refractivity contribution is -0.00570. The largest absolute Gasteiger partial charge is 0.495 e. The molecule has 1 N–H and O–H groups in total. The summed E-state index contributed by atoms with van der Waals surface area (Å²) in [5.74, 6) is 2.67. The van der Waals surface area contributed by atoms with Crippen molar-refractivity contribution < 1.29 is 19.3 Å². The van der Waals surface area contributed by atoms with Crippen LogP contribution in [0.1, 0.15) is 39.5 Å². The highest BCUT2D eigenvalue weighted by Gasteiger charge is 2.28. The Bertz CT molecular complexity index is 1370. The lowest BCUT2D eigenvalue weighted by Gasteiger charge is -2.36. The number of rotatable bonds is 7. The molecular formula is C32H44N6O4. The molecule has 2 aromatic heterocycles. The fourth-order valence-corrected chi connectivity index (χ4v) is 6.64. The SMILES string of the molecule is COc1ccc(-c2ccc3c(N4CCOCC4)nc(N4CC(C)OC(C)C4)nc3n2)cc1N(C)CC1CCCCC1O. The summed E-state index contributed by atoms with van der Waals surface area (Å²) in [7, 11) is 3.78. The molecule has 0 bridgehead atoms. The summed E-state index contributed by atoms with van der Waals surface area (Å²) in [6.07, 6.45) is 4.17. The van der Waals surface area contributed by atoms with E-state index in [0.29, 0.717) is 24.8 Å². The molecule has 2 saturated heterocycles. The van der Waals surface area contributed by atoms with Gasteiger partial charge in [-0.25, -0.2) is 4.98 Å². The summed E-state index contributed by atoms with van der Waals surface area (Å²) < 4.78 is 17.4. The van der Waals surface area contributed by atoms with Crippen LogP contribution in [-0.2, 0) is 9.47 Å². The van der Waals surface area contributed by atoms with Crippen molar-refractivity contribution in [1.82, 2.24) is 15.0 Å². The van der Waals surface area contributed by atoms with E-state index >= 15 is 0 Å². The highest BCUT2D eigenvalue weighted by atomic mass is 16.5. The Morgan fingerprint density at radius 2 is 1.74 bits per heavy atom. The van der Waals surface area contributed by atoms with E-state index in [0.717, 1.165) is 85.9 Å². The molecule has 1 saturated carbocycles. The lowest BCUT2D eigenvalue weighted by atomic mass is 9.86. The van der Waals surface area contributed by atoms with E-state index in [9.17, 15) is 5.11 Å². The molecule has 6 rings (SSSR count). The first-order valence-corrected chi connectivity index (χ1v) is 15.4. The molecule has 3 aromatic rings. The number of nitrogens with zero attached hydrogens (tertiary/aromatic N) is 6. The molecule has 0 radical (unpaired) electrons. The third-order valence-electron chi connectivity index (χ3n) is 8.80. The number of morpholine rings is 2. The molecule has 3 aliphatic rings. The number of anilines is 3. The van der Waals surface area contributed by atoms with Gasteiger partial charge in [0.2, 0.25) is 5.95 Å². The molecule has 0 amide bonds. The Morgan fingerprint density at radius 1 is 0.976 bits per heavy atom. The third-order valence-corrected chi connectivity index (χ3v) is 8.80. The van der Waals surface area contributed by atoms with Crippen molar-refractivity contribution >= 4 is 28.5 Å². The molecule has 2 aliphatic heterocycles. The smallest absolute Gasteiger partial charge is 0.229 e. The van der Waals surface area contributed by atoms with Crippen molar-refractivity contribution in [2.24, 2.45) is 5.92 Å². The highest BCUT2D eigenvalue weighted by molar-refractivity contribution is 5.90. The maximum atomic E-state index is 10.6. The van der Waals surface area contributed by atoms with Gasteiger partial charge >= 0.3 is 0 Å². The van der Waals surface area contributed by atoms with Gasteiger partial charge in [-0.1, -0.05) is 12.8 Å². The number of aliphatic hydroxyl groups excluding tert-OH is 1. The van der Waals surface area contributed by atoms with Crippen molar-refractivity contribution in [3.63, 3.8) is 0 Å². The number of aromatic nitrogens is 3. The highest BCUT2D eigenvalue weighted by Crippen LogP contribution is 2.36. The zero-order valence-electron chi connectivity index (χ0n) is 25.3. The predicted molar refractivity (Wildman–Crippen MR) is 166 cm³/mol. The van der Waals surface area contributed by atoms with Crippen LogP contribution < -0.4 is 19.4 Å². The standard InChI is InChI=1S/C32H44N6O4/c1-21-18-38(19-22(2)42-21)32-34-30-25(31(35-32)37-13-15-41-16-14-37)10-11-26(33-30)23-9-12-29(40-4)27(17-23)36(3)20-24-7-5-6-8-28(24)39/h9-12,17,21-22,24,28,39H,5-8,13-16,18-20H2,1-4H3. The van der Waals surface area contributed by atoms with Gasteiger partial charge in [-0.05, 0) is 57.0 Å². The summed E-state index contributed by atoms with van der Waals surface area (Å²) in [5.41, 5.74) is 3.51. The van der Waals surface area contributed by atoms with E-state index in [4.69, 9.17) is 29.2 Å². The van der Waals surface area contributed by atoms with Crippen LogP contribution in [-0.4, -0.2) is 98.5 Å². The van der Waals surface area contributed by atoms with Gasteiger partial charge in [0.05, 0.1) is 55.4 Å². The lowest BCUT2D eigenvalue weighted by Crippen LogP contribution is -2.46. The minimum atomic E-state index is -0.246. The average molecular weight is 577 g/mol. The molecule has 10 heteroatoms. The van der Waals surface area contributed by atoms with Crippen LogP contribution in [0.25, 0.3) is 22.3 Å². The van der Waals surface area contributed by atoms with Gasteiger partial charge in [0.25, 0.3) is 0 Å². The van der Waals surface area contributed by atoms with Crippen molar-refractivity contribution in [3.05, 3.63) is 30.3 Å². The molecule has 1 aliphatic carbocycles. The van der Waals surface area contributed by atoms with Crippen molar-refractivity contribution in [3.8, 4) is 17.0 Å². The first-order valence-electron chi connectivity index (χ1n) is 15.4. The van der Waals surface area contributed by atoms with E-state index < -0.39 is 0 Å². The van der Waals surface area contributed by atoms with Gasteiger partial charge in [-0.3, -0.25) is 0 Å². The van der Waals surface area contributed by atoms with Gasteiger partial charge in [-0.2, -0.15) is 9.97 Å². The number of hydrogen-bond acceptors (Lipinski definition) is 10. The molecule has 0 spiro atoms. The van der Waals surface area contributed by atoms with Gasteiger partial charge in [-0.15, -0.1) is 0 Å². The molecular weight excluding hydrogens is 532 g/mol. The fraction of sp³-hybridized carbons (Fsp3) is 0.594. The van der Waals surface area contributed by atoms with Crippen LogP contribution in [0.2, 0.25) is 0 Å². The first-order chi connectivity index (χ1) is 20.4. The summed E-state index contributed by atoms with van der Waals surface area (Å²) >= 11 is 0. The van der Waals surface area contributed by atoms with Gasteiger partial charge in [0.15, 0.2) is 5.65 Å².